The van der Waals surface area contributed by atoms with Crippen LogP contribution < -0.4 is 10.5 Å². The topological polar surface area (TPSA) is 65.2 Å². The number of rotatable bonds is 5. The van der Waals surface area contributed by atoms with Gasteiger partial charge in [0, 0.05) is 28.4 Å². The fourth-order valence-electron chi connectivity index (χ4n) is 2.51. The van der Waals surface area contributed by atoms with E-state index in [1.165, 1.54) is 0 Å². The standard InChI is InChI=1S/C19H18N2O2/c1-2-11-23-17-9-8-16(15-7-4-10-21-18(15)17)19(22)13-5-3-6-14(20)12-13/h3-10,12H,2,11,20H2,1H3. The molecule has 3 aromatic rings. The molecule has 2 aromatic carbocycles. The van der Waals surface area contributed by atoms with Crippen molar-refractivity contribution in [2.45, 2.75) is 13.3 Å². The predicted molar refractivity (Wildman–Crippen MR) is 91.8 cm³/mol. The Kier molecular flexibility index (Phi) is 4.24. The van der Waals surface area contributed by atoms with Gasteiger partial charge in [-0.3, -0.25) is 9.78 Å². The number of ketones is 1. The maximum absolute atomic E-state index is 12.8. The van der Waals surface area contributed by atoms with Gasteiger partial charge in [0.15, 0.2) is 5.78 Å². The van der Waals surface area contributed by atoms with E-state index in [1.807, 2.05) is 25.1 Å². The van der Waals surface area contributed by atoms with Crippen LogP contribution in [0, 0.1) is 0 Å². The first kappa shape index (κ1) is 15.0. The molecule has 0 saturated carbocycles. The number of ether oxygens (including phenoxy) is 1. The number of hydrogen-bond donors (Lipinski definition) is 1. The number of nitrogen functional groups attached to an aromatic ring is 1. The highest BCUT2D eigenvalue weighted by molar-refractivity contribution is 6.16. The number of benzene rings is 2. The first-order valence-electron chi connectivity index (χ1n) is 7.61. The number of carbonyl (C=O) groups excluding carboxylic acids is 1. The van der Waals surface area contributed by atoms with Gasteiger partial charge in [-0.15, -0.1) is 0 Å². The number of nitrogens with two attached hydrogens (primary N) is 1. The van der Waals surface area contributed by atoms with Crippen LogP contribution in [0.3, 0.4) is 0 Å². The Labute approximate surface area is 134 Å². The zero-order valence-electron chi connectivity index (χ0n) is 13.0. The molecule has 1 heterocycles. The van der Waals surface area contributed by atoms with Gasteiger partial charge < -0.3 is 10.5 Å². The number of carbonyl (C=O) groups is 1. The lowest BCUT2D eigenvalue weighted by Crippen LogP contribution is -2.05. The molecule has 0 atom stereocenters. The third-order valence-corrected chi connectivity index (χ3v) is 3.59. The first-order valence-corrected chi connectivity index (χ1v) is 7.61. The molecule has 23 heavy (non-hydrogen) atoms. The molecule has 2 N–H and O–H groups in total. The molecule has 0 aliphatic rings. The van der Waals surface area contributed by atoms with Gasteiger partial charge in [0.1, 0.15) is 11.3 Å². The molecular formula is C19H18N2O2. The highest BCUT2D eigenvalue weighted by atomic mass is 16.5. The molecular weight excluding hydrogens is 288 g/mol. The van der Waals surface area contributed by atoms with Crippen LogP contribution in [0.5, 0.6) is 5.75 Å². The van der Waals surface area contributed by atoms with E-state index in [0.29, 0.717) is 34.7 Å². The SMILES string of the molecule is CCCOc1ccc(C(=O)c2cccc(N)c2)c2cccnc12. The molecule has 4 nitrogen and oxygen atoms in total. The molecule has 0 bridgehead atoms. The lowest BCUT2D eigenvalue weighted by Gasteiger charge is -2.11. The smallest absolute Gasteiger partial charge is 0.193 e. The summed E-state index contributed by atoms with van der Waals surface area (Å²) in [6, 6.07) is 14.3. The molecule has 0 radical (unpaired) electrons. The van der Waals surface area contributed by atoms with Crippen molar-refractivity contribution in [1.82, 2.24) is 4.98 Å². The summed E-state index contributed by atoms with van der Waals surface area (Å²) in [5, 5.41) is 0.786. The average molecular weight is 306 g/mol. The number of fused-ring (bicyclic) bond motifs is 1. The lowest BCUT2D eigenvalue weighted by molar-refractivity contribution is 0.104. The van der Waals surface area contributed by atoms with Gasteiger partial charge in [0.2, 0.25) is 0 Å². The number of aromatic nitrogens is 1. The summed E-state index contributed by atoms with van der Waals surface area (Å²) in [5.74, 6) is 0.629. The summed E-state index contributed by atoms with van der Waals surface area (Å²) >= 11 is 0. The molecule has 0 aliphatic carbocycles. The van der Waals surface area contributed by atoms with Crippen LogP contribution in [-0.2, 0) is 0 Å². The quantitative estimate of drug-likeness (QED) is 0.574. The minimum atomic E-state index is -0.0719. The Morgan fingerprint density at radius 3 is 2.83 bits per heavy atom. The Morgan fingerprint density at radius 1 is 1.17 bits per heavy atom. The monoisotopic (exact) mass is 306 g/mol. The summed E-state index contributed by atoms with van der Waals surface area (Å²) in [7, 11) is 0. The lowest BCUT2D eigenvalue weighted by atomic mass is 9.98. The van der Waals surface area contributed by atoms with Crippen molar-refractivity contribution >= 4 is 22.4 Å². The van der Waals surface area contributed by atoms with Crippen LogP contribution in [0.4, 0.5) is 5.69 Å². The van der Waals surface area contributed by atoms with Crippen LogP contribution in [0.15, 0.2) is 54.7 Å². The van der Waals surface area contributed by atoms with Gasteiger partial charge in [-0.2, -0.15) is 0 Å². The van der Waals surface area contributed by atoms with Gasteiger partial charge in [0.25, 0.3) is 0 Å². The Balaban J connectivity index is 2.10. The van der Waals surface area contributed by atoms with Crippen LogP contribution in [-0.4, -0.2) is 17.4 Å². The normalized spacial score (nSPS) is 10.7. The fraction of sp³-hybridized carbons (Fsp3) is 0.158. The van der Waals surface area contributed by atoms with E-state index in [1.54, 1.807) is 36.5 Å². The number of nitrogens with zero attached hydrogens (tertiary/aromatic N) is 1. The molecule has 3 rings (SSSR count). The molecule has 116 valence electrons. The predicted octanol–water partition coefficient (Wildman–Crippen LogP) is 3.84. The summed E-state index contributed by atoms with van der Waals surface area (Å²) in [6.45, 7) is 2.67. The maximum atomic E-state index is 12.8. The zero-order valence-corrected chi connectivity index (χ0v) is 13.0. The number of hydrogen-bond acceptors (Lipinski definition) is 4. The van der Waals surface area contributed by atoms with Crippen molar-refractivity contribution in [3.8, 4) is 5.75 Å². The highest BCUT2D eigenvalue weighted by Crippen LogP contribution is 2.28. The van der Waals surface area contributed by atoms with Gasteiger partial charge in [-0.25, -0.2) is 0 Å². The molecule has 0 unspecified atom stereocenters. The van der Waals surface area contributed by atoms with Crippen molar-refractivity contribution in [3.05, 3.63) is 65.9 Å². The molecule has 0 fully saturated rings. The minimum absolute atomic E-state index is 0.0719. The van der Waals surface area contributed by atoms with Crippen molar-refractivity contribution in [3.63, 3.8) is 0 Å². The van der Waals surface area contributed by atoms with E-state index in [0.717, 1.165) is 11.8 Å². The Hall–Kier alpha value is -2.88. The van der Waals surface area contributed by atoms with Crippen LogP contribution in [0.25, 0.3) is 10.9 Å². The van der Waals surface area contributed by atoms with E-state index in [4.69, 9.17) is 10.5 Å². The average Bonchev–Trinajstić information content (AvgIpc) is 2.59. The Morgan fingerprint density at radius 2 is 2.04 bits per heavy atom. The number of anilines is 1. The van der Waals surface area contributed by atoms with Crippen LogP contribution in [0.1, 0.15) is 29.3 Å². The molecule has 1 aromatic heterocycles. The molecule has 0 spiro atoms. The van der Waals surface area contributed by atoms with Crippen LogP contribution >= 0.6 is 0 Å². The van der Waals surface area contributed by atoms with E-state index in [9.17, 15) is 4.79 Å². The van der Waals surface area contributed by atoms with E-state index in [2.05, 4.69) is 4.98 Å². The van der Waals surface area contributed by atoms with E-state index >= 15 is 0 Å². The Bertz CT molecular complexity index is 859. The van der Waals surface area contributed by atoms with Crippen molar-refractivity contribution in [2.24, 2.45) is 0 Å². The van der Waals surface area contributed by atoms with Crippen molar-refractivity contribution in [1.29, 1.82) is 0 Å². The molecule has 0 aliphatic heterocycles. The summed E-state index contributed by atoms with van der Waals surface area (Å²) in [5.41, 5.74) is 8.22. The third-order valence-electron chi connectivity index (χ3n) is 3.59. The molecule has 0 amide bonds. The second-order valence-corrected chi connectivity index (χ2v) is 5.31. The van der Waals surface area contributed by atoms with Gasteiger partial charge in [-0.05, 0) is 36.8 Å². The third kappa shape index (κ3) is 3.01. The minimum Gasteiger partial charge on any atom is -0.491 e. The van der Waals surface area contributed by atoms with Crippen molar-refractivity contribution < 1.29 is 9.53 Å². The summed E-state index contributed by atoms with van der Waals surface area (Å²) in [6.07, 6.45) is 2.62. The summed E-state index contributed by atoms with van der Waals surface area (Å²) < 4.78 is 5.73. The second kappa shape index (κ2) is 6.48. The van der Waals surface area contributed by atoms with Crippen molar-refractivity contribution in [2.75, 3.05) is 12.3 Å². The van der Waals surface area contributed by atoms with Gasteiger partial charge >= 0.3 is 0 Å². The van der Waals surface area contributed by atoms with E-state index in [-0.39, 0.29) is 5.78 Å². The van der Waals surface area contributed by atoms with E-state index < -0.39 is 0 Å². The highest BCUT2D eigenvalue weighted by Gasteiger charge is 2.15. The number of pyridine rings is 1. The van der Waals surface area contributed by atoms with Gasteiger partial charge in [-0.1, -0.05) is 25.1 Å². The van der Waals surface area contributed by atoms with Gasteiger partial charge in [0.05, 0.1) is 6.61 Å². The largest absolute Gasteiger partial charge is 0.491 e. The fourth-order valence-corrected chi connectivity index (χ4v) is 2.51. The van der Waals surface area contributed by atoms with Crippen LogP contribution in [0.2, 0.25) is 0 Å². The summed E-state index contributed by atoms with van der Waals surface area (Å²) in [4.78, 5) is 17.2. The second-order valence-electron chi connectivity index (χ2n) is 5.31. The zero-order chi connectivity index (χ0) is 16.2. The molecule has 4 heteroatoms. The molecule has 0 saturated heterocycles. The first-order chi connectivity index (χ1) is 11.2. The maximum Gasteiger partial charge on any atom is 0.193 e.